The summed E-state index contributed by atoms with van der Waals surface area (Å²) in [7, 11) is 4.74. The van der Waals surface area contributed by atoms with Crippen molar-refractivity contribution in [3.05, 3.63) is 53.3 Å². The highest BCUT2D eigenvalue weighted by atomic mass is 19.1. The zero-order valence-electron chi connectivity index (χ0n) is 12.5. The summed E-state index contributed by atoms with van der Waals surface area (Å²) in [5.41, 5.74) is 1.85. The molecule has 0 amide bonds. The topological polar surface area (TPSA) is 27.7 Å². The molecule has 0 heterocycles. The van der Waals surface area contributed by atoms with Gasteiger partial charge in [-0.2, -0.15) is 0 Å². The van der Waals surface area contributed by atoms with E-state index in [2.05, 4.69) is 0 Å². The number of hydrogen-bond acceptors (Lipinski definition) is 3. The molecular formula is C17H19FO3. The Hall–Kier alpha value is -2.23. The molecule has 0 aliphatic heterocycles. The molecule has 21 heavy (non-hydrogen) atoms. The van der Waals surface area contributed by atoms with E-state index in [1.165, 1.54) is 13.2 Å². The van der Waals surface area contributed by atoms with Crippen molar-refractivity contribution in [3.8, 4) is 17.2 Å². The molecule has 0 radical (unpaired) electrons. The molecule has 0 aromatic heterocycles. The predicted octanol–water partition coefficient (Wildman–Crippen LogP) is 3.64. The minimum absolute atomic E-state index is 0.305. The molecule has 2 aromatic rings. The van der Waals surface area contributed by atoms with Gasteiger partial charge in [0.05, 0.1) is 21.3 Å². The largest absolute Gasteiger partial charge is 0.497 e. The second kappa shape index (κ2) is 6.97. The van der Waals surface area contributed by atoms with Crippen LogP contribution in [-0.4, -0.2) is 21.3 Å². The molecule has 3 nitrogen and oxygen atoms in total. The van der Waals surface area contributed by atoms with E-state index in [0.29, 0.717) is 18.6 Å². The van der Waals surface area contributed by atoms with Crippen molar-refractivity contribution < 1.29 is 18.6 Å². The lowest BCUT2D eigenvalue weighted by atomic mass is 10.0. The maximum Gasteiger partial charge on any atom is 0.165 e. The third-order valence-corrected chi connectivity index (χ3v) is 3.40. The number of benzene rings is 2. The Bertz CT molecular complexity index is 611. The molecule has 0 unspecified atom stereocenters. The average molecular weight is 290 g/mol. The number of halogens is 1. The summed E-state index contributed by atoms with van der Waals surface area (Å²) in [6, 6.07) is 10.6. The van der Waals surface area contributed by atoms with Crippen molar-refractivity contribution >= 4 is 0 Å². The molecule has 0 atom stereocenters. The summed E-state index contributed by atoms with van der Waals surface area (Å²) in [6.07, 6.45) is 1.37. The minimum Gasteiger partial charge on any atom is -0.497 e. The molecule has 0 N–H and O–H groups in total. The lowest BCUT2D eigenvalue weighted by Gasteiger charge is -2.12. The van der Waals surface area contributed by atoms with Crippen LogP contribution in [0.1, 0.15) is 11.1 Å². The molecule has 0 bridgehead atoms. The Morgan fingerprint density at radius 3 is 2.29 bits per heavy atom. The standard InChI is InChI=1S/C17H19FO3/c1-19-14-9-10-16(20-2)13(11-14)8-7-12-5-4-6-15(18)17(12)21-3/h4-6,9-11H,7-8H2,1-3H3. The average Bonchev–Trinajstić information content (AvgIpc) is 2.52. The van der Waals surface area contributed by atoms with Gasteiger partial charge in [0.1, 0.15) is 11.5 Å². The first-order valence-corrected chi connectivity index (χ1v) is 6.72. The van der Waals surface area contributed by atoms with Gasteiger partial charge in [0.15, 0.2) is 11.6 Å². The van der Waals surface area contributed by atoms with Crippen molar-refractivity contribution in [2.24, 2.45) is 0 Å². The summed E-state index contributed by atoms with van der Waals surface area (Å²) in [4.78, 5) is 0. The Kier molecular flexibility index (Phi) is 5.04. The molecule has 0 aliphatic rings. The summed E-state index contributed by atoms with van der Waals surface area (Å²) in [6.45, 7) is 0. The number of aryl methyl sites for hydroxylation is 2. The maximum absolute atomic E-state index is 13.7. The second-order valence-corrected chi connectivity index (χ2v) is 4.61. The van der Waals surface area contributed by atoms with E-state index in [1.807, 2.05) is 24.3 Å². The van der Waals surface area contributed by atoms with Crippen molar-refractivity contribution in [2.45, 2.75) is 12.8 Å². The van der Waals surface area contributed by atoms with Gasteiger partial charge >= 0.3 is 0 Å². The van der Waals surface area contributed by atoms with Crippen LogP contribution in [0.3, 0.4) is 0 Å². The van der Waals surface area contributed by atoms with Gasteiger partial charge < -0.3 is 14.2 Å². The third kappa shape index (κ3) is 3.45. The van der Waals surface area contributed by atoms with Crippen molar-refractivity contribution in [1.82, 2.24) is 0 Å². The number of hydrogen-bond donors (Lipinski definition) is 0. The molecular weight excluding hydrogens is 271 g/mol. The van der Waals surface area contributed by atoms with Gasteiger partial charge in [-0.05, 0) is 48.2 Å². The van der Waals surface area contributed by atoms with Crippen LogP contribution in [0.4, 0.5) is 4.39 Å². The normalized spacial score (nSPS) is 10.3. The van der Waals surface area contributed by atoms with Crippen LogP contribution in [0.25, 0.3) is 0 Å². The first-order chi connectivity index (χ1) is 10.2. The summed E-state index contributed by atoms with van der Waals surface area (Å²) in [5, 5.41) is 0. The Morgan fingerprint density at radius 1 is 0.857 bits per heavy atom. The fourth-order valence-electron chi connectivity index (χ4n) is 2.33. The smallest absolute Gasteiger partial charge is 0.165 e. The molecule has 0 saturated heterocycles. The Balaban J connectivity index is 2.22. The van der Waals surface area contributed by atoms with Crippen molar-refractivity contribution in [1.29, 1.82) is 0 Å². The zero-order valence-corrected chi connectivity index (χ0v) is 12.5. The van der Waals surface area contributed by atoms with E-state index in [-0.39, 0.29) is 5.82 Å². The van der Waals surface area contributed by atoms with Crippen LogP contribution in [0.2, 0.25) is 0 Å². The number of rotatable bonds is 6. The Labute approximate surface area is 124 Å². The highest BCUT2D eigenvalue weighted by Gasteiger charge is 2.11. The van der Waals surface area contributed by atoms with Gasteiger partial charge in [0, 0.05) is 0 Å². The first-order valence-electron chi connectivity index (χ1n) is 6.72. The van der Waals surface area contributed by atoms with E-state index in [9.17, 15) is 4.39 Å². The third-order valence-electron chi connectivity index (χ3n) is 3.40. The number of ether oxygens (including phenoxy) is 3. The monoisotopic (exact) mass is 290 g/mol. The van der Waals surface area contributed by atoms with Crippen LogP contribution in [0.15, 0.2) is 36.4 Å². The second-order valence-electron chi connectivity index (χ2n) is 4.61. The quantitative estimate of drug-likeness (QED) is 0.813. The van der Waals surface area contributed by atoms with Crippen LogP contribution in [0, 0.1) is 5.82 Å². The van der Waals surface area contributed by atoms with E-state index in [0.717, 1.165) is 22.6 Å². The molecule has 0 spiro atoms. The van der Waals surface area contributed by atoms with Gasteiger partial charge in [0.25, 0.3) is 0 Å². The zero-order chi connectivity index (χ0) is 15.2. The molecule has 0 aliphatic carbocycles. The summed E-state index contributed by atoms with van der Waals surface area (Å²) in [5.74, 6) is 1.54. The molecule has 0 saturated carbocycles. The fraction of sp³-hybridized carbons (Fsp3) is 0.294. The molecule has 2 aromatic carbocycles. The van der Waals surface area contributed by atoms with Gasteiger partial charge in [-0.3, -0.25) is 0 Å². The van der Waals surface area contributed by atoms with Crippen LogP contribution in [0.5, 0.6) is 17.2 Å². The van der Waals surface area contributed by atoms with E-state index >= 15 is 0 Å². The van der Waals surface area contributed by atoms with Crippen molar-refractivity contribution in [2.75, 3.05) is 21.3 Å². The van der Waals surface area contributed by atoms with Gasteiger partial charge in [0.2, 0.25) is 0 Å². The molecule has 2 rings (SSSR count). The molecule has 0 fully saturated rings. The highest BCUT2D eigenvalue weighted by Crippen LogP contribution is 2.28. The summed E-state index contributed by atoms with van der Waals surface area (Å²) < 4.78 is 29.4. The van der Waals surface area contributed by atoms with E-state index in [4.69, 9.17) is 14.2 Å². The van der Waals surface area contributed by atoms with Gasteiger partial charge in [-0.25, -0.2) is 4.39 Å². The van der Waals surface area contributed by atoms with Crippen LogP contribution < -0.4 is 14.2 Å². The van der Waals surface area contributed by atoms with Crippen LogP contribution >= 0.6 is 0 Å². The van der Waals surface area contributed by atoms with Gasteiger partial charge in [-0.1, -0.05) is 12.1 Å². The van der Waals surface area contributed by atoms with E-state index < -0.39 is 0 Å². The number of methoxy groups -OCH3 is 3. The molecule has 112 valence electrons. The minimum atomic E-state index is -0.340. The van der Waals surface area contributed by atoms with Crippen molar-refractivity contribution in [3.63, 3.8) is 0 Å². The highest BCUT2D eigenvalue weighted by molar-refractivity contribution is 5.42. The number of para-hydroxylation sites is 1. The SMILES string of the molecule is COc1ccc(OC)c(CCc2cccc(F)c2OC)c1. The summed E-state index contributed by atoms with van der Waals surface area (Å²) >= 11 is 0. The maximum atomic E-state index is 13.7. The van der Waals surface area contributed by atoms with Crippen LogP contribution in [-0.2, 0) is 12.8 Å². The lowest BCUT2D eigenvalue weighted by Crippen LogP contribution is -2.00. The Morgan fingerprint density at radius 2 is 1.62 bits per heavy atom. The predicted molar refractivity (Wildman–Crippen MR) is 79.9 cm³/mol. The van der Waals surface area contributed by atoms with E-state index in [1.54, 1.807) is 20.3 Å². The lowest BCUT2D eigenvalue weighted by molar-refractivity contribution is 0.380. The molecule has 4 heteroatoms. The first kappa shape index (κ1) is 15.2. The fourth-order valence-corrected chi connectivity index (χ4v) is 2.33. The van der Waals surface area contributed by atoms with Gasteiger partial charge in [-0.15, -0.1) is 0 Å².